The van der Waals surface area contributed by atoms with E-state index >= 15 is 0 Å². The minimum Gasteiger partial charge on any atom is -0.347 e. The van der Waals surface area contributed by atoms with Crippen molar-refractivity contribution in [3.05, 3.63) is 83.6 Å². The third-order valence-electron chi connectivity index (χ3n) is 5.71. The van der Waals surface area contributed by atoms with Crippen LogP contribution in [-0.4, -0.2) is 17.0 Å². The molecule has 2 nitrogen and oxygen atoms in total. The fourth-order valence-electron chi connectivity index (χ4n) is 4.18. The van der Waals surface area contributed by atoms with Crippen LogP contribution in [0, 0.1) is 0 Å². The van der Waals surface area contributed by atoms with E-state index < -0.39 is 0 Å². The Hall–Kier alpha value is -2.94. The van der Waals surface area contributed by atoms with Crippen LogP contribution in [0.2, 0.25) is 0 Å². The largest absolute Gasteiger partial charge is 0.347 e. The fourth-order valence-corrected chi connectivity index (χ4v) is 4.18. The van der Waals surface area contributed by atoms with Gasteiger partial charge in [0.1, 0.15) is 0 Å². The van der Waals surface area contributed by atoms with Gasteiger partial charge in [-0.05, 0) is 48.1 Å². The quantitative estimate of drug-likeness (QED) is 0.243. The molecule has 0 amide bonds. The number of hydrogen-bond donors (Lipinski definition) is 0. The van der Waals surface area contributed by atoms with Crippen molar-refractivity contribution in [1.29, 1.82) is 0 Å². The zero-order chi connectivity index (χ0) is 20.2. The van der Waals surface area contributed by atoms with E-state index in [1.54, 1.807) is 0 Å². The number of aromatic nitrogens is 1. The predicted octanol–water partition coefficient (Wildman–Crippen LogP) is 6.73. The number of unbranched alkanes of at least 4 members (excludes halogenated alkanes) is 2. The summed E-state index contributed by atoms with van der Waals surface area (Å²) in [6, 6.07) is 20.2. The predicted molar refractivity (Wildman–Crippen MR) is 119 cm³/mol. The number of carbonyl (C=O) groups is 1. The second-order valence-electron chi connectivity index (χ2n) is 7.50. The second kappa shape index (κ2) is 8.60. The fraction of sp³-hybridized carbons (Fsp3) is 0.269. The van der Waals surface area contributed by atoms with Crippen LogP contribution in [0.4, 0.5) is 4.39 Å². The average Bonchev–Trinajstić information content (AvgIpc) is 3.14. The molecule has 148 valence electrons. The summed E-state index contributed by atoms with van der Waals surface area (Å²) < 4.78 is 14.5. The summed E-state index contributed by atoms with van der Waals surface area (Å²) in [5, 5.41) is 3.14. The molecule has 0 saturated carbocycles. The molecule has 1 heterocycles. The van der Waals surface area contributed by atoms with E-state index in [1.165, 1.54) is 5.56 Å². The van der Waals surface area contributed by atoms with Gasteiger partial charge >= 0.3 is 0 Å². The van der Waals surface area contributed by atoms with Crippen molar-refractivity contribution in [2.24, 2.45) is 0 Å². The normalized spacial score (nSPS) is 11.4. The molecule has 0 saturated heterocycles. The molecule has 0 bridgehead atoms. The summed E-state index contributed by atoms with van der Waals surface area (Å²) in [7, 11) is 0. The molecule has 0 aliphatic rings. The number of benzene rings is 3. The van der Waals surface area contributed by atoms with Crippen LogP contribution in [0.3, 0.4) is 0 Å². The molecule has 29 heavy (non-hydrogen) atoms. The van der Waals surface area contributed by atoms with Gasteiger partial charge in [0.25, 0.3) is 0 Å². The van der Waals surface area contributed by atoms with Crippen LogP contribution in [0.15, 0.2) is 66.9 Å². The highest BCUT2D eigenvalue weighted by atomic mass is 19.1. The lowest BCUT2D eigenvalue weighted by molar-refractivity contribution is 0.104. The Morgan fingerprint density at radius 1 is 0.828 bits per heavy atom. The van der Waals surface area contributed by atoms with Gasteiger partial charge in [-0.15, -0.1) is 0 Å². The molecule has 4 rings (SSSR count). The summed E-state index contributed by atoms with van der Waals surface area (Å²) in [4.78, 5) is 13.6. The van der Waals surface area contributed by atoms with E-state index in [4.69, 9.17) is 0 Å². The van der Waals surface area contributed by atoms with Crippen molar-refractivity contribution in [1.82, 2.24) is 4.57 Å². The molecule has 0 fully saturated rings. The Kier molecular flexibility index (Phi) is 5.75. The standard InChI is InChI=1S/C26H26FNO/c1-2-19-14-15-23(21-11-5-4-10-20(19)21)26(29)24-18-28(17-9-3-8-16-27)25-13-7-6-12-22(24)25/h4-7,10-15,18H,2-3,8-9,16-17H2,1H3. The Balaban J connectivity index is 1.77. The zero-order valence-electron chi connectivity index (χ0n) is 16.8. The molecule has 0 unspecified atom stereocenters. The van der Waals surface area contributed by atoms with Crippen molar-refractivity contribution in [3.63, 3.8) is 0 Å². The monoisotopic (exact) mass is 387 g/mol. The summed E-state index contributed by atoms with van der Waals surface area (Å²) >= 11 is 0. The number of carbonyl (C=O) groups excluding carboxylic acids is 1. The zero-order valence-corrected chi connectivity index (χ0v) is 16.8. The SMILES string of the molecule is CCc1ccc(C(=O)c2cn(CCCCCF)c3ccccc23)c2ccccc12. The van der Waals surface area contributed by atoms with E-state index in [2.05, 4.69) is 29.7 Å². The summed E-state index contributed by atoms with van der Waals surface area (Å²) in [6.07, 6.45) is 5.28. The van der Waals surface area contributed by atoms with E-state index in [0.29, 0.717) is 6.42 Å². The minimum atomic E-state index is -0.267. The number of nitrogens with zero attached hydrogens (tertiary/aromatic N) is 1. The minimum absolute atomic E-state index is 0.0579. The number of rotatable bonds is 8. The van der Waals surface area contributed by atoms with Crippen LogP contribution < -0.4 is 0 Å². The lowest BCUT2D eigenvalue weighted by Gasteiger charge is -2.09. The molecule has 0 spiro atoms. The van der Waals surface area contributed by atoms with Gasteiger partial charge in [0, 0.05) is 34.8 Å². The Morgan fingerprint density at radius 3 is 2.31 bits per heavy atom. The first kappa shape index (κ1) is 19.4. The molecular formula is C26H26FNO. The van der Waals surface area contributed by atoms with Crippen LogP contribution in [0.1, 0.15) is 47.7 Å². The summed E-state index contributed by atoms with van der Waals surface area (Å²) in [5.74, 6) is 0.0579. The maximum absolute atomic E-state index is 13.6. The third-order valence-corrected chi connectivity index (χ3v) is 5.71. The summed E-state index contributed by atoms with van der Waals surface area (Å²) in [5.41, 5.74) is 3.80. The van der Waals surface area contributed by atoms with Crippen LogP contribution in [0.25, 0.3) is 21.7 Å². The number of fused-ring (bicyclic) bond motifs is 2. The lowest BCUT2D eigenvalue weighted by atomic mass is 9.93. The molecule has 0 aliphatic carbocycles. The van der Waals surface area contributed by atoms with Crippen LogP contribution in [-0.2, 0) is 13.0 Å². The average molecular weight is 387 g/mol. The highest BCUT2D eigenvalue weighted by molar-refractivity contribution is 6.21. The first-order valence-corrected chi connectivity index (χ1v) is 10.4. The lowest BCUT2D eigenvalue weighted by Crippen LogP contribution is -2.03. The number of halogens is 1. The van der Waals surface area contributed by atoms with Gasteiger partial charge in [0.15, 0.2) is 5.78 Å². The van der Waals surface area contributed by atoms with Crippen molar-refractivity contribution in [2.45, 2.75) is 39.2 Å². The summed E-state index contributed by atoms with van der Waals surface area (Å²) in [6.45, 7) is 2.67. The number of hydrogen-bond acceptors (Lipinski definition) is 1. The van der Waals surface area contributed by atoms with Gasteiger partial charge in [-0.3, -0.25) is 9.18 Å². The molecule has 0 atom stereocenters. The highest BCUT2D eigenvalue weighted by Gasteiger charge is 2.19. The van der Waals surface area contributed by atoms with Gasteiger partial charge in [-0.25, -0.2) is 0 Å². The van der Waals surface area contributed by atoms with Crippen molar-refractivity contribution in [3.8, 4) is 0 Å². The number of ketones is 1. The Morgan fingerprint density at radius 2 is 1.55 bits per heavy atom. The Labute approximate surface area is 171 Å². The molecule has 1 aromatic heterocycles. The maximum Gasteiger partial charge on any atom is 0.195 e. The van der Waals surface area contributed by atoms with Gasteiger partial charge < -0.3 is 4.57 Å². The van der Waals surface area contributed by atoms with Gasteiger partial charge in [0.05, 0.1) is 6.67 Å². The smallest absolute Gasteiger partial charge is 0.195 e. The third kappa shape index (κ3) is 3.69. The molecule has 0 N–H and O–H groups in total. The number of alkyl halides is 1. The van der Waals surface area contributed by atoms with Crippen LogP contribution in [0.5, 0.6) is 0 Å². The van der Waals surface area contributed by atoms with E-state index in [0.717, 1.165) is 58.6 Å². The van der Waals surface area contributed by atoms with Crippen LogP contribution >= 0.6 is 0 Å². The molecule has 3 heteroatoms. The molecule has 0 aliphatic heterocycles. The maximum atomic E-state index is 13.6. The Bertz CT molecular complexity index is 1160. The van der Waals surface area contributed by atoms with E-state index in [9.17, 15) is 9.18 Å². The molecule has 3 aromatic carbocycles. The number of para-hydroxylation sites is 1. The van der Waals surface area contributed by atoms with Gasteiger partial charge in [0.2, 0.25) is 0 Å². The first-order chi connectivity index (χ1) is 14.2. The highest BCUT2D eigenvalue weighted by Crippen LogP contribution is 2.29. The first-order valence-electron chi connectivity index (χ1n) is 10.4. The van der Waals surface area contributed by atoms with Crippen molar-refractivity contribution in [2.75, 3.05) is 6.67 Å². The number of aryl methyl sites for hydroxylation is 2. The van der Waals surface area contributed by atoms with Crippen molar-refractivity contribution >= 4 is 27.5 Å². The van der Waals surface area contributed by atoms with E-state index in [1.807, 2.05) is 48.7 Å². The topological polar surface area (TPSA) is 22.0 Å². The molecule has 4 aromatic rings. The van der Waals surface area contributed by atoms with Gasteiger partial charge in [-0.1, -0.05) is 61.5 Å². The van der Waals surface area contributed by atoms with E-state index in [-0.39, 0.29) is 12.5 Å². The second-order valence-corrected chi connectivity index (χ2v) is 7.50. The molecule has 0 radical (unpaired) electrons. The van der Waals surface area contributed by atoms with Crippen molar-refractivity contribution < 1.29 is 9.18 Å². The molecular weight excluding hydrogens is 361 g/mol. The van der Waals surface area contributed by atoms with Gasteiger partial charge in [-0.2, -0.15) is 0 Å².